The summed E-state index contributed by atoms with van der Waals surface area (Å²) in [5.41, 5.74) is 0.986. The molecule has 0 unspecified atom stereocenters. The van der Waals surface area contributed by atoms with Crippen molar-refractivity contribution >= 4 is 5.78 Å². The van der Waals surface area contributed by atoms with E-state index in [1.54, 1.807) is 13.8 Å². The molecule has 0 amide bonds. The molecule has 1 aromatic carbocycles. The minimum atomic E-state index is -0.225. The lowest BCUT2D eigenvalue weighted by atomic mass is 9.96. The summed E-state index contributed by atoms with van der Waals surface area (Å²) in [5, 5.41) is 20.2. The van der Waals surface area contributed by atoms with Crippen LogP contribution in [0.3, 0.4) is 0 Å². The summed E-state index contributed by atoms with van der Waals surface area (Å²) in [4.78, 5) is 12.1. The topological polar surface area (TPSA) is 66.8 Å². The third kappa shape index (κ3) is 3.00. The van der Waals surface area contributed by atoms with E-state index in [4.69, 9.17) is 4.74 Å². The predicted molar refractivity (Wildman–Crippen MR) is 74.3 cm³/mol. The number of ether oxygens (including phenoxy) is 1. The van der Waals surface area contributed by atoms with Crippen molar-refractivity contribution < 1.29 is 19.7 Å². The summed E-state index contributed by atoms with van der Waals surface area (Å²) in [6, 6.07) is 0. The number of phenolic OH excluding ortho intramolecular Hbond substituents is 2. The first kappa shape index (κ1) is 15.3. The SMILES string of the molecule is CCCCCC(=O)c1c(O)c(C)c(OC)c(C)c1O. The monoisotopic (exact) mass is 266 g/mol. The molecule has 19 heavy (non-hydrogen) atoms. The van der Waals surface area contributed by atoms with E-state index in [9.17, 15) is 15.0 Å². The van der Waals surface area contributed by atoms with Crippen LogP contribution in [0.5, 0.6) is 17.2 Å². The van der Waals surface area contributed by atoms with Crippen molar-refractivity contribution in [2.75, 3.05) is 7.11 Å². The predicted octanol–water partition coefficient (Wildman–Crippen LogP) is 3.49. The third-order valence-corrected chi connectivity index (χ3v) is 3.36. The molecule has 0 heterocycles. The molecule has 0 saturated heterocycles. The second-order valence-corrected chi connectivity index (χ2v) is 4.74. The van der Waals surface area contributed by atoms with Gasteiger partial charge in [-0.1, -0.05) is 19.8 Å². The fourth-order valence-electron chi connectivity index (χ4n) is 2.21. The maximum atomic E-state index is 12.1. The normalized spacial score (nSPS) is 10.5. The van der Waals surface area contributed by atoms with Gasteiger partial charge in [0, 0.05) is 17.5 Å². The number of benzene rings is 1. The molecule has 0 spiro atoms. The Morgan fingerprint density at radius 3 is 2.05 bits per heavy atom. The largest absolute Gasteiger partial charge is 0.507 e. The van der Waals surface area contributed by atoms with Crippen molar-refractivity contribution in [1.29, 1.82) is 0 Å². The van der Waals surface area contributed by atoms with Crippen LogP contribution >= 0.6 is 0 Å². The Hall–Kier alpha value is -1.71. The summed E-state index contributed by atoms with van der Waals surface area (Å²) in [6.07, 6.45) is 3.08. The lowest BCUT2D eigenvalue weighted by molar-refractivity contribution is 0.0973. The van der Waals surface area contributed by atoms with Crippen LogP contribution in [0.15, 0.2) is 0 Å². The van der Waals surface area contributed by atoms with Crippen molar-refractivity contribution in [3.05, 3.63) is 16.7 Å². The van der Waals surface area contributed by atoms with Crippen LogP contribution in [0.4, 0.5) is 0 Å². The van der Waals surface area contributed by atoms with Gasteiger partial charge in [-0.25, -0.2) is 0 Å². The van der Waals surface area contributed by atoms with Crippen LogP contribution < -0.4 is 4.74 Å². The summed E-state index contributed by atoms with van der Waals surface area (Å²) in [7, 11) is 1.47. The first-order valence-electron chi connectivity index (χ1n) is 6.57. The highest BCUT2D eigenvalue weighted by Gasteiger charge is 2.23. The van der Waals surface area contributed by atoms with Gasteiger partial charge in [0.05, 0.1) is 7.11 Å². The molecule has 1 aromatic rings. The molecule has 0 atom stereocenters. The van der Waals surface area contributed by atoms with Crippen molar-refractivity contribution in [1.82, 2.24) is 0 Å². The van der Waals surface area contributed by atoms with E-state index in [0.717, 1.165) is 19.3 Å². The number of phenols is 2. The molecule has 4 nitrogen and oxygen atoms in total. The van der Waals surface area contributed by atoms with Crippen LogP contribution in [-0.4, -0.2) is 23.1 Å². The van der Waals surface area contributed by atoms with Gasteiger partial charge in [-0.05, 0) is 20.3 Å². The Kier molecular flexibility index (Phi) is 5.21. The van der Waals surface area contributed by atoms with Crippen molar-refractivity contribution in [3.8, 4) is 17.2 Å². The molecular formula is C15H22O4. The number of carbonyl (C=O) groups excluding carboxylic acids is 1. The fourth-order valence-corrected chi connectivity index (χ4v) is 2.21. The zero-order chi connectivity index (χ0) is 14.6. The number of methoxy groups -OCH3 is 1. The zero-order valence-corrected chi connectivity index (χ0v) is 12.0. The van der Waals surface area contributed by atoms with Gasteiger partial charge in [0.15, 0.2) is 5.78 Å². The van der Waals surface area contributed by atoms with Crippen LogP contribution in [0.1, 0.15) is 54.1 Å². The number of aromatic hydroxyl groups is 2. The van der Waals surface area contributed by atoms with Gasteiger partial charge in [0.25, 0.3) is 0 Å². The van der Waals surface area contributed by atoms with Gasteiger partial charge < -0.3 is 14.9 Å². The van der Waals surface area contributed by atoms with Crippen molar-refractivity contribution in [2.45, 2.75) is 46.5 Å². The Bertz CT molecular complexity index is 449. The lowest BCUT2D eigenvalue weighted by Gasteiger charge is -2.16. The van der Waals surface area contributed by atoms with Gasteiger partial charge in [0.2, 0.25) is 0 Å². The number of hydrogen-bond donors (Lipinski definition) is 2. The maximum absolute atomic E-state index is 12.1. The van der Waals surface area contributed by atoms with E-state index in [0.29, 0.717) is 23.3 Å². The van der Waals surface area contributed by atoms with Gasteiger partial charge in [0.1, 0.15) is 22.8 Å². The molecule has 0 saturated carbocycles. The molecule has 0 aliphatic heterocycles. The van der Waals surface area contributed by atoms with E-state index in [-0.39, 0.29) is 22.8 Å². The smallest absolute Gasteiger partial charge is 0.170 e. The van der Waals surface area contributed by atoms with Crippen molar-refractivity contribution in [3.63, 3.8) is 0 Å². The van der Waals surface area contributed by atoms with Crippen LogP contribution in [-0.2, 0) is 0 Å². The summed E-state index contributed by atoms with van der Waals surface area (Å²) >= 11 is 0. The lowest BCUT2D eigenvalue weighted by Crippen LogP contribution is -2.04. The molecule has 2 N–H and O–H groups in total. The number of ketones is 1. The summed E-state index contributed by atoms with van der Waals surface area (Å²) in [5.74, 6) is -0.166. The summed E-state index contributed by atoms with van der Waals surface area (Å²) in [6.45, 7) is 5.40. The Labute approximate surface area is 114 Å². The fraction of sp³-hybridized carbons (Fsp3) is 0.533. The first-order valence-corrected chi connectivity index (χ1v) is 6.57. The number of carbonyl (C=O) groups is 1. The number of Topliss-reactive ketones (excluding diaryl/α,β-unsaturated/α-hetero) is 1. The number of unbranched alkanes of at least 4 members (excludes halogenated alkanes) is 2. The van der Waals surface area contributed by atoms with Gasteiger partial charge >= 0.3 is 0 Å². The molecule has 1 rings (SSSR count). The van der Waals surface area contributed by atoms with Gasteiger partial charge in [-0.2, -0.15) is 0 Å². The molecule has 0 aromatic heterocycles. The van der Waals surface area contributed by atoms with Gasteiger partial charge in [-0.15, -0.1) is 0 Å². The van der Waals surface area contributed by atoms with Crippen LogP contribution in [0.25, 0.3) is 0 Å². The molecule has 0 bridgehead atoms. The van der Waals surface area contributed by atoms with E-state index < -0.39 is 0 Å². The second kappa shape index (κ2) is 6.45. The van der Waals surface area contributed by atoms with Crippen LogP contribution in [0.2, 0.25) is 0 Å². The quantitative estimate of drug-likeness (QED) is 0.611. The number of hydrogen-bond acceptors (Lipinski definition) is 4. The summed E-state index contributed by atoms with van der Waals surface area (Å²) < 4.78 is 5.14. The van der Waals surface area contributed by atoms with E-state index >= 15 is 0 Å². The highest BCUT2D eigenvalue weighted by atomic mass is 16.5. The highest BCUT2D eigenvalue weighted by Crippen LogP contribution is 2.42. The third-order valence-electron chi connectivity index (χ3n) is 3.36. The highest BCUT2D eigenvalue weighted by molar-refractivity contribution is 6.02. The zero-order valence-electron chi connectivity index (χ0n) is 12.0. The molecular weight excluding hydrogens is 244 g/mol. The van der Waals surface area contributed by atoms with E-state index in [2.05, 4.69) is 6.92 Å². The first-order chi connectivity index (χ1) is 8.95. The van der Waals surface area contributed by atoms with E-state index in [1.165, 1.54) is 7.11 Å². The van der Waals surface area contributed by atoms with Gasteiger partial charge in [-0.3, -0.25) is 4.79 Å². The average Bonchev–Trinajstić information content (AvgIpc) is 2.38. The second-order valence-electron chi connectivity index (χ2n) is 4.74. The molecule has 0 fully saturated rings. The Morgan fingerprint density at radius 2 is 1.63 bits per heavy atom. The van der Waals surface area contributed by atoms with Crippen molar-refractivity contribution in [2.24, 2.45) is 0 Å². The molecule has 0 aliphatic carbocycles. The molecule has 106 valence electrons. The van der Waals surface area contributed by atoms with Crippen LogP contribution in [0, 0.1) is 13.8 Å². The average molecular weight is 266 g/mol. The standard InChI is InChI=1S/C15H22O4/c1-5-6-7-8-11(16)12-13(17)9(2)15(19-4)10(3)14(12)18/h17-18H,5-8H2,1-4H3. The Balaban J connectivity index is 3.18. The van der Waals surface area contributed by atoms with E-state index in [1.807, 2.05) is 0 Å². The minimum Gasteiger partial charge on any atom is -0.507 e. The maximum Gasteiger partial charge on any atom is 0.170 e. The number of rotatable bonds is 6. The minimum absolute atomic E-state index is 0.0203. The molecule has 0 aliphatic rings. The molecule has 4 heteroatoms. The molecule has 0 radical (unpaired) electrons. The Morgan fingerprint density at radius 1 is 1.11 bits per heavy atom.